The first-order valence-electron chi connectivity index (χ1n) is 5.31. The molecule has 0 heterocycles. The zero-order chi connectivity index (χ0) is 11.1. The second-order valence-electron chi connectivity index (χ2n) is 3.66. The van der Waals surface area contributed by atoms with Gasteiger partial charge in [-0.3, -0.25) is 0 Å². The molecule has 2 heteroatoms. The number of likely N-dealkylation sites (N-methyl/N-ethyl adjacent to an activating group) is 1. The first kappa shape index (κ1) is 11.8. The number of benzene rings is 1. The maximum atomic E-state index is 5.70. The molecule has 0 aromatic heterocycles. The predicted molar refractivity (Wildman–Crippen MR) is 65.2 cm³/mol. The van der Waals surface area contributed by atoms with Gasteiger partial charge in [0.2, 0.25) is 0 Å². The van der Waals surface area contributed by atoms with Gasteiger partial charge in [-0.05, 0) is 27.0 Å². The summed E-state index contributed by atoms with van der Waals surface area (Å²) in [5.41, 5.74) is 1.13. The molecule has 0 saturated heterocycles. The molecule has 15 heavy (non-hydrogen) atoms. The van der Waals surface area contributed by atoms with Gasteiger partial charge in [-0.15, -0.1) is 0 Å². The Morgan fingerprint density at radius 3 is 2.73 bits per heavy atom. The van der Waals surface area contributed by atoms with Crippen LogP contribution >= 0.6 is 0 Å². The summed E-state index contributed by atoms with van der Waals surface area (Å²) in [4.78, 5) is 0. The molecule has 0 atom stereocenters. The average Bonchev–Trinajstić information content (AvgIpc) is 2.20. The van der Waals surface area contributed by atoms with Gasteiger partial charge in [0.15, 0.2) is 0 Å². The highest BCUT2D eigenvalue weighted by Gasteiger charge is 2.01. The van der Waals surface area contributed by atoms with Crippen LogP contribution in [0.25, 0.3) is 6.08 Å². The first-order valence-corrected chi connectivity index (χ1v) is 5.31. The van der Waals surface area contributed by atoms with Crippen molar-refractivity contribution in [3.8, 4) is 5.75 Å². The molecule has 0 aliphatic carbocycles. The van der Waals surface area contributed by atoms with Crippen molar-refractivity contribution in [3.05, 3.63) is 35.9 Å². The summed E-state index contributed by atoms with van der Waals surface area (Å²) in [6.45, 7) is 4.94. The van der Waals surface area contributed by atoms with E-state index in [1.807, 2.05) is 39.1 Å². The standard InChI is InChI=1S/C13H19NO/c1-11(2)15-13-9-5-4-7-12(13)8-6-10-14-3/h4-9,11,14H,10H2,1-3H3. The number of hydrogen-bond acceptors (Lipinski definition) is 2. The van der Waals surface area contributed by atoms with Gasteiger partial charge in [0.1, 0.15) is 5.75 Å². The van der Waals surface area contributed by atoms with Crippen LogP contribution in [0.5, 0.6) is 5.75 Å². The van der Waals surface area contributed by atoms with Crippen LogP contribution in [0.3, 0.4) is 0 Å². The van der Waals surface area contributed by atoms with E-state index in [0.717, 1.165) is 17.9 Å². The average molecular weight is 205 g/mol. The number of para-hydroxylation sites is 1. The topological polar surface area (TPSA) is 21.3 Å². The fourth-order valence-corrected chi connectivity index (χ4v) is 1.28. The van der Waals surface area contributed by atoms with Gasteiger partial charge in [0.05, 0.1) is 6.10 Å². The molecule has 82 valence electrons. The fraction of sp³-hybridized carbons (Fsp3) is 0.385. The minimum Gasteiger partial charge on any atom is -0.490 e. The minimum atomic E-state index is 0.212. The Bertz CT molecular complexity index is 318. The monoisotopic (exact) mass is 205 g/mol. The van der Waals surface area contributed by atoms with E-state index in [0.29, 0.717) is 0 Å². The van der Waals surface area contributed by atoms with Crippen LogP contribution < -0.4 is 10.1 Å². The Hall–Kier alpha value is -1.28. The molecule has 0 spiro atoms. The molecule has 0 fully saturated rings. The lowest BCUT2D eigenvalue weighted by molar-refractivity contribution is 0.242. The summed E-state index contributed by atoms with van der Waals surface area (Å²) in [6.07, 6.45) is 4.38. The van der Waals surface area contributed by atoms with Crippen LogP contribution in [0.15, 0.2) is 30.3 Å². The number of hydrogen-bond donors (Lipinski definition) is 1. The van der Waals surface area contributed by atoms with Crippen LogP contribution in [0.1, 0.15) is 19.4 Å². The summed E-state index contributed by atoms with van der Waals surface area (Å²) in [5.74, 6) is 0.944. The third kappa shape index (κ3) is 4.17. The van der Waals surface area contributed by atoms with E-state index in [4.69, 9.17) is 4.74 Å². The first-order chi connectivity index (χ1) is 7.24. The Balaban J connectivity index is 2.76. The van der Waals surface area contributed by atoms with Crippen molar-refractivity contribution in [1.82, 2.24) is 5.32 Å². The van der Waals surface area contributed by atoms with Crippen molar-refractivity contribution in [2.75, 3.05) is 13.6 Å². The molecule has 0 unspecified atom stereocenters. The van der Waals surface area contributed by atoms with Crippen molar-refractivity contribution in [3.63, 3.8) is 0 Å². The maximum Gasteiger partial charge on any atom is 0.126 e. The molecule has 0 aliphatic heterocycles. The third-order valence-electron chi connectivity index (χ3n) is 1.90. The Morgan fingerprint density at radius 2 is 2.07 bits per heavy atom. The van der Waals surface area contributed by atoms with E-state index >= 15 is 0 Å². The Morgan fingerprint density at radius 1 is 1.33 bits per heavy atom. The number of nitrogens with one attached hydrogen (secondary N) is 1. The van der Waals surface area contributed by atoms with Crippen molar-refractivity contribution in [1.29, 1.82) is 0 Å². The normalized spacial score (nSPS) is 11.2. The Labute approximate surface area is 92.0 Å². The van der Waals surface area contributed by atoms with Gasteiger partial charge in [-0.2, -0.15) is 0 Å². The van der Waals surface area contributed by atoms with Crippen molar-refractivity contribution < 1.29 is 4.74 Å². The summed E-state index contributed by atoms with van der Waals surface area (Å²) < 4.78 is 5.70. The molecular weight excluding hydrogens is 186 g/mol. The van der Waals surface area contributed by atoms with Gasteiger partial charge in [0.25, 0.3) is 0 Å². The van der Waals surface area contributed by atoms with Gasteiger partial charge in [-0.25, -0.2) is 0 Å². The molecular formula is C13H19NO. The van der Waals surface area contributed by atoms with E-state index in [1.165, 1.54) is 0 Å². The fourth-order valence-electron chi connectivity index (χ4n) is 1.28. The SMILES string of the molecule is CNCC=Cc1ccccc1OC(C)C. The second kappa shape index (κ2) is 6.25. The van der Waals surface area contributed by atoms with Gasteiger partial charge in [-0.1, -0.05) is 30.4 Å². The lowest BCUT2D eigenvalue weighted by Crippen LogP contribution is -2.06. The highest BCUT2D eigenvalue weighted by molar-refractivity contribution is 5.57. The molecule has 1 aromatic carbocycles. The largest absolute Gasteiger partial charge is 0.490 e. The number of ether oxygens (including phenoxy) is 1. The molecule has 0 amide bonds. The molecule has 1 rings (SSSR count). The summed E-state index contributed by atoms with van der Waals surface area (Å²) in [6, 6.07) is 8.07. The summed E-state index contributed by atoms with van der Waals surface area (Å²) in [7, 11) is 1.93. The van der Waals surface area contributed by atoms with Gasteiger partial charge >= 0.3 is 0 Å². The zero-order valence-corrected chi connectivity index (χ0v) is 9.66. The second-order valence-corrected chi connectivity index (χ2v) is 3.66. The van der Waals surface area contributed by atoms with E-state index < -0.39 is 0 Å². The molecule has 0 radical (unpaired) electrons. The molecule has 0 saturated carbocycles. The van der Waals surface area contributed by atoms with Crippen molar-refractivity contribution in [2.24, 2.45) is 0 Å². The van der Waals surface area contributed by atoms with Crippen LogP contribution in [0, 0.1) is 0 Å². The number of rotatable bonds is 5. The summed E-state index contributed by atoms with van der Waals surface area (Å²) in [5, 5.41) is 3.07. The predicted octanol–water partition coefficient (Wildman–Crippen LogP) is 2.71. The lowest BCUT2D eigenvalue weighted by atomic mass is 10.2. The molecule has 0 bridgehead atoms. The van der Waals surface area contributed by atoms with E-state index in [-0.39, 0.29) is 6.10 Å². The van der Waals surface area contributed by atoms with Crippen molar-refractivity contribution in [2.45, 2.75) is 20.0 Å². The molecule has 1 aromatic rings. The highest BCUT2D eigenvalue weighted by atomic mass is 16.5. The smallest absolute Gasteiger partial charge is 0.126 e. The lowest BCUT2D eigenvalue weighted by Gasteiger charge is -2.11. The minimum absolute atomic E-state index is 0.212. The zero-order valence-electron chi connectivity index (χ0n) is 9.66. The van der Waals surface area contributed by atoms with E-state index in [9.17, 15) is 0 Å². The molecule has 1 N–H and O–H groups in total. The highest BCUT2D eigenvalue weighted by Crippen LogP contribution is 2.20. The maximum absolute atomic E-state index is 5.70. The van der Waals surface area contributed by atoms with E-state index in [2.05, 4.69) is 23.5 Å². The quantitative estimate of drug-likeness (QED) is 0.798. The molecule has 0 aliphatic rings. The summed E-state index contributed by atoms with van der Waals surface area (Å²) >= 11 is 0. The van der Waals surface area contributed by atoms with Crippen molar-refractivity contribution >= 4 is 6.08 Å². The van der Waals surface area contributed by atoms with Gasteiger partial charge < -0.3 is 10.1 Å². The third-order valence-corrected chi connectivity index (χ3v) is 1.90. The van der Waals surface area contributed by atoms with Crippen LogP contribution in [0.2, 0.25) is 0 Å². The molecule has 2 nitrogen and oxygen atoms in total. The van der Waals surface area contributed by atoms with E-state index in [1.54, 1.807) is 0 Å². The van der Waals surface area contributed by atoms with Crippen LogP contribution in [-0.4, -0.2) is 19.7 Å². The van der Waals surface area contributed by atoms with Crippen LogP contribution in [-0.2, 0) is 0 Å². The Kier molecular flexibility index (Phi) is 4.91. The van der Waals surface area contributed by atoms with Gasteiger partial charge in [0, 0.05) is 12.1 Å². The van der Waals surface area contributed by atoms with Crippen LogP contribution in [0.4, 0.5) is 0 Å².